The molecule has 1 N–H and O–H groups in total. The van der Waals surface area contributed by atoms with Crippen LogP contribution in [-0.2, 0) is 16.4 Å². The molecule has 5 nitrogen and oxygen atoms in total. The molecule has 0 radical (unpaired) electrons. The molecule has 0 aliphatic heterocycles. The van der Waals surface area contributed by atoms with E-state index in [-0.39, 0.29) is 35.1 Å². The van der Waals surface area contributed by atoms with E-state index in [1.807, 2.05) is 40.0 Å². The number of rotatable bonds is 8. The van der Waals surface area contributed by atoms with E-state index in [0.29, 0.717) is 13.0 Å². The first-order valence-corrected chi connectivity index (χ1v) is 11.2. The van der Waals surface area contributed by atoms with Gasteiger partial charge in [-0.05, 0) is 30.9 Å². The van der Waals surface area contributed by atoms with E-state index in [9.17, 15) is 8.42 Å². The summed E-state index contributed by atoms with van der Waals surface area (Å²) in [7, 11) is -0.962. The quantitative estimate of drug-likeness (QED) is 0.320. The van der Waals surface area contributed by atoms with Crippen LogP contribution < -0.4 is 5.32 Å². The number of aliphatic imine (C=N–C) groups is 1. The Morgan fingerprint density at radius 2 is 2.04 bits per heavy atom. The molecular weight excluding hydrogens is 493 g/mol. The lowest BCUT2D eigenvalue weighted by Crippen LogP contribution is -2.39. The van der Waals surface area contributed by atoms with Crippen LogP contribution in [0.2, 0.25) is 4.34 Å². The van der Waals surface area contributed by atoms with Gasteiger partial charge in [0.25, 0.3) is 0 Å². The fourth-order valence-corrected chi connectivity index (χ4v) is 4.11. The number of sulfone groups is 1. The molecule has 1 rings (SSSR count). The second-order valence-electron chi connectivity index (χ2n) is 6.78. The van der Waals surface area contributed by atoms with Gasteiger partial charge >= 0.3 is 0 Å². The van der Waals surface area contributed by atoms with Gasteiger partial charge in [0, 0.05) is 31.3 Å². The van der Waals surface area contributed by atoms with Crippen LogP contribution in [0.5, 0.6) is 0 Å². The van der Waals surface area contributed by atoms with Crippen molar-refractivity contribution in [2.24, 2.45) is 10.4 Å². The van der Waals surface area contributed by atoms with Crippen molar-refractivity contribution < 1.29 is 8.42 Å². The molecule has 1 heterocycles. The number of hydrogen-bond donors (Lipinski definition) is 1. The summed E-state index contributed by atoms with van der Waals surface area (Å²) in [4.78, 5) is 7.92. The number of hydrogen-bond acceptors (Lipinski definition) is 4. The van der Waals surface area contributed by atoms with Crippen molar-refractivity contribution in [1.82, 2.24) is 10.2 Å². The minimum atomic E-state index is -2.95. The maximum atomic E-state index is 11.4. The molecule has 0 saturated heterocycles. The first-order chi connectivity index (χ1) is 11.0. The van der Waals surface area contributed by atoms with E-state index in [1.54, 1.807) is 11.3 Å². The lowest BCUT2D eigenvalue weighted by atomic mass is 9.90. The van der Waals surface area contributed by atoms with Crippen LogP contribution in [-0.4, -0.2) is 51.4 Å². The molecule has 0 aliphatic carbocycles. The third-order valence-corrected chi connectivity index (χ3v) is 5.69. The van der Waals surface area contributed by atoms with Gasteiger partial charge in [0.2, 0.25) is 0 Å². The summed E-state index contributed by atoms with van der Waals surface area (Å²) in [6, 6.07) is 3.91. The van der Waals surface area contributed by atoms with E-state index < -0.39 is 9.84 Å². The van der Waals surface area contributed by atoms with E-state index in [2.05, 4.69) is 10.2 Å². The molecule has 0 atom stereocenters. The summed E-state index contributed by atoms with van der Waals surface area (Å²) in [5.41, 5.74) is -0.170. The molecular formula is C16H29ClIN3O2S2. The highest BCUT2D eigenvalue weighted by molar-refractivity contribution is 14.0. The molecule has 0 aromatic carbocycles. The van der Waals surface area contributed by atoms with Crippen molar-refractivity contribution in [2.45, 2.75) is 33.7 Å². The van der Waals surface area contributed by atoms with E-state index in [1.165, 1.54) is 11.1 Å². The fourth-order valence-electron chi connectivity index (χ4n) is 2.04. The lowest BCUT2D eigenvalue weighted by Gasteiger charge is -2.25. The van der Waals surface area contributed by atoms with Crippen LogP contribution in [0.15, 0.2) is 17.1 Å². The minimum absolute atomic E-state index is 0. The highest BCUT2D eigenvalue weighted by Crippen LogP contribution is 2.23. The summed E-state index contributed by atoms with van der Waals surface area (Å²) < 4.78 is 23.5. The smallest absolute Gasteiger partial charge is 0.194 e. The third kappa shape index (κ3) is 10.6. The van der Waals surface area contributed by atoms with Gasteiger partial charge in [-0.2, -0.15) is 0 Å². The lowest BCUT2D eigenvalue weighted by molar-refractivity contribution is 0.361. The van der Waals surface area contributed by atoms with Crippen LogP contribution in [0.3, 0.4) is 0 Å². The van der Waals surface area contributed by atoms with E-state index in [0.717, 1.165) is 23.4 Å². The zero-order valence-corrected chi connectivity index (χ0v) is 20.2. The largest absolute Gasteiger partial charge is 0.357 e. The Morgan fingerprint density at radius 3 is 2.52 bits per heavy atom. The Bertz CT molecular complexity index is 660. The van der Waals surface area contributed by atoms with Gasteiger partial charge in [0.1, 0.15) is 9.84 Å². The summed E-state index contributed by atoms with van der Waals surface area (Å²) in [5, 5.41) is 3.28. The van der Waals surface area contributed by atoms with Gasteiger partial charge in [-0.1, -0.05) is 25.4 Å². The third-order valence-electron chi connectivity index (χ3n) is 3.52. The molecule has 0 amide bonds. The van der Waals surface area contributed by atoms with Crippen LogP contribution in [0, 0.1) is 5.41 Å². The average Bonchev–Trinajstić information content (AvgIpc) is 2.86. The molecule has 1 aromatic rings. The number of halogens is 2. The average molecular weight is 522 g/mol. The summed E-state index contributed by atoms with van der Waals surface area (Å²) in [5.74, 6) is 1.00. The predicted octanol–water partition coefficient (Wildman–Crippen LogP) is 3.88. The van der Waals surface area contributed by atoms with Gasteiger partial charge in [-0.3, -0.25) is 4.99 Å². The van der Waals surface area contributed by atoms with Gasteiger partial charge < -0.3 is 10.2 Å². The molecule has 0 unspecified atom stereocenters. The van der Waals surface area contributed by atoms with Crippen molar-refractivity contribution >= 4 is 62.7 Å². The second-order valence-corrected chi connectivity index (χ2v) is 10.8. The topological polar surface area (TPSA) is 61.8 Å². The first-order valence-electron chi connectivity index (χ1n) is 7.94. The van der Waals surface area contributed by atoms with Gasteiger partial charge in [0.05, 0.1) is 16.6 Å². The predicted molar refractivity (Wildman–Crippen MR) is 120 cm³/mol. The van der Waals surface area contributed by atoms with Crippen LogP contribution in [0.4, 0.5) is 0 Å². The van der Waals surface area contributed by atoms with Gasteiger partial charge in [-0.25, -0.2) is 8.42 Å². The van der Waals surface area contributed by atoms with Crippen molar-refractivity contribution in [2.75, 3.05) is 32.1 Å². The summed E-state index contributed by atoms with van der Waals surface area (Å²) in [6.45, 7) is 8.19. The Kier molecular flexibility index (Phi) is 10.9. The van der Waals surface area contributed by atoms with E-state index in [4.69, 9.17) is 16.6 Å². The van der Waals surface area contributed by atoms with Gasteiger partial charge in [0.15, 0.2) is 5.96 Å². The Morgan fingerprint density at radius 1 is 1.40 bits per heavy atom. The minimum Gasteiger partial charge on any atom is -0.357 e. The maximum Gasteiger partial charge on any atom is 0.194 e. The standard InChI is InChI=1S/C16H28ClN3O2S2.HI/c1-6-18-15(20(4)11-13-7-8-14(17)23-13)19-12-16(2,3)9-10-24(5,21)22;/h7-8H,6,9-12H2,1-5H3,(H,18,19);1H. The normalized spacial score (nSPS) is 12.6. The molecule has 1 aromatic heterocycles. The number of nitrogens with zero attached hydrogens (tertiary/aromatic N) is 2. The fraction of sp³-hybridized carbons (Fsp3) is 0.688. The Hall–Kier alpha value is -0.0600. The summed E-state index contributed by atoms with van der Waals surface area (Å²) >= 11 is 7.54. The van der Waals surface area contributed by atoms with Crippen molar-refractivity contribution in [3.63, 3.8) is 0 Å². The second kappa shape index (κ2) is 10.9. The monoisotopic (exact) mass is 521 g/mol. The van der Waals surface area contributed by atoms with Gasteiger partial charge in [-0.15, -0.1) is 35.3 Å². The first kappa shape index (κ1) is 24.9. The number of nitrogens with one attached hydrogen (secondary N) is 1. The van der Waals surface area contributed by atoms with Crippen LogP contribution >= 0.6 is 46.9 Å². The Balaban J connectivity index is 0.00000576. The zero-order chi connectivity index (χ0) is 18.4. The molecule has 0 fully saturated rings. The molecule has 0 aliphatic rings. The maximum absolute atomic E-state index is 11.4. The molecule has 25 heavy (non-hydrogen) atoms. The molecule has 0 spiro atoms. The molecule has 0 bridgehead atoms. The van der Waals surface area contributed by atoms with Crippen LogP contribution in [0.25, 0.3) is 0 Å². The van der Waals surface area contributed by atoms with E-state index >= 15 is 0 Å². The molecule has 9 heteroatoms. The molecule has 146 valence electrons. The van der Waals surface area contributed by atoms with Crippen molar-refractivity contribution in [3.8, 4) is 0 Å². The number of guanidine groups is 1. The zero-order valence-electron chi connectivity index (χ0n) is 15.5. The summed E-state index contributed by atoms with van der Waals surface area (Å²) in [6.07, 6.45) is 1.87. The van der Waals surface area contributed by atoms with Crippen molar-refractivity contribution in [1.29, 1.82) is 0 Å². The highest BCUT2D eigenvalue weighted by atomic mass is 127. The van der Waals surface area contributed by atoms with Crippen LogP contribution in [0.1, 0.15) is 32.1 Å². The Labute approximate surface area is 178 Å². The van der Waals surface area contributed by atoms with Crippen molar-refractivity contribution in [3.05, 3.63) is 21.3 Å². The molecule has 0 saturated carbocycles. The SMILES string of the molecule is CCNC(=NCC(C)(C)CCS(C)(=O)=O)N(C)Cc1ccc(Cl)s1.I. The highest BCUT2D eigenvalue weighted by Gasteiger charge is 2.20. The number of thiophene rings is 1.